The summed E-state index contributed by atoms with van der Waals surface area (Å²) in [5, 5.41) is 6.48. The van der Waals surface area contributed by atoms with E-state index in [1.807, 2.05) is 18.7 Å². The Morgan fingerprint density at radius 1 is 1.22 bits per heavy atom. The Morgan fingerprint density at radius 2 is 1.89 bits per heavy atom. The van der Waals surface area contributed by atoms with Crippen molar-refractivity contribution in [3.8, 4) is 0 Å². The van der Waals surface area contributed by atoms with Crippen LogP contribution in [0.25, 0.3) is 0 Å². The molecule has 0 aromatic carbocycles. The number of carbonyl (C=O) groups is 2. The van der Waals surface area contributed by atoms with Crippen molar-refractivity contribution in [1.82, 2.24) is 15.5 Å². The molecule has 1 aromatic heterocycles. The summed E-state index contributed by atoms with van der Waals surface area (Å²) in [7, 11) is 0. The fourth-order valence-corrected chi connectivity index (χ4v) is 4.38. The van der Waals surface area contributed by atoms with E-state index >= 15 is 0 Å². The molecule has 6 nitrogen and oxygen atoms in total. The molecule has 0 aliphatic carbocycles. The second-order valence-corrected chi connectivity index (χ2v) is 8.22. The molecule has 2 N–H and O–H groups in total. The fraction of sp³-hybridized carbons (Fsp3) is 0.714. The monoisotopic (exact) mass is 375 g/mol. The Morgan fingerprint density at radius 3 is 2.48 bits per heavy atom. The molecular weight excluding hydrogens is 342 g/mol. The van der Waals surface area contributed by atoms with Crippen LogP contribution in [0.1, 0.15) is 60.9 Å². The maximum atomic E-state index is 12.7. The number of carbonyl (C=O) groups excluding carboxylic acids is 2. The zero-order valence-corrected chi connectivity index (χ0v) is 16.8. The number of piperidine rings is 2. The van der Waals surface area contributed by atoms with Gasteiger partial charge in [-0.05, 0) is 70.5 Å². The highest BCUT2D eigenvalue weighted by molar-refractivity contribution is 5.95. The van der Waals surface area contributed by atoms with Crippen LogP contribution in [0.15, 0.2) is 10.5 Å². The molecule has 6 heteroatoms. The predicted octanol–water partition coefficient (Wildman–Crippen LogP) is 2.64. The van der Waals surface area contributed by atoms with E-state index in [9.17, 15) is 9.59 Å². The third-order valence-electron chi connectivity index (χ3n) is 6.15. The van der Waals surface area contributed by atoms with Crippen LogP contribution >= 0.6 is 0 Å². The minimum absolute atomic E-state index is 0.0753. The fourth-order valence-electron chi connectivity index (χ4n) is 4.38. The standard InChI is InChI=1S/C21H33N3O3/c1-14(17-4-8-22-9-5-17)12-20(25)24-10-6-18(7-11-24)23-21(26)19-13-15(2)27-16(19)3/h13-14,17-18,22H,4-12H2,1-3H3,(H,23,26). The SMILES string of the molecule is Cc1cc(C(=O)NC2CCN(C(=O)CC(C)C3CCNCC3)CC2)c(C)o1. The smallest absolute Gasteiger partial charge is 0.255 e. The molecule has 0 spiro atoms. The number of rotatable bonds is 5. The maximum absolute atomic E-state index is 12.7. The number of hydrogen-bond donors (Lipinski definition) is 2. The first-order valence-corrected chi connectivity index (χ1v) is 10.3. The molecule has 2 aliphatic rings. The van der Waals surface area contributed by atoms with E-state index in [4.69, 9.17) is 4.42 Å². The first kappa shape index (κ1) is 19.9. The largest absolute Gasteiger partial charge is 0.466 e. The lowest BCUT2D eigenvalue weighted by Crippen LogP contribution is -2.47. The third kappa shape index (κ3) is 5.12. The minimum atomic E-state index is -0.0753. The van der Waals surface area contributed by atoms with E-state index < -0.39 is 0 Å². The molecule has 27 heavy (non-hydrogen) atoms. The van der Waals surface area contributed by atoms with E-state index in [-0.39, 0.29) is 17.9 Å². The van der Waals surface area contributed by atoms with E-state index in [1.54, 1.807) is 6.07 Å². The summed E-state index contributed by atoms with van der Waals surface area (Å²) in [6.07, 6.45) is 4.63. The molecule has 2 saturated heterocycles. The van der Waals surface area contributed by atoms with Gasteiger partial charge in [0.25, 0.3) is 5.91 Å². The maximum Gasteiger partial charge on any atom is 0.255 e. The lowest BCUT2D eigenvalue weighted by Gasteiger charge is -2.34. The average molecular weight is 376 g/mol. The molecule has 2 fully saturated rings. The molecule has 0 bridgehead atoms. The van der Waals surface area contributed by atoms with Gasteiger partial charge in [0.2, 0.25) is 5.91 Å². The normalized spacial score (nSPS) is 20.5. The highest BCUT2D eigenvalue weighted by atomic mass is 16.3. The van der Waals surface area contributed by atoms with Crippen molar-refractivity contribution in [3.05, 3.63) is 23.2 Å². The van der Waals surface area contributed by atoms with E-state index in [0.29, 0.717) is 29.6 Å². The summed E-state index contributed by atoms with van der Waals surface area (Å²) in [4.78, 5) is 27.1. The van der Waals surface area contributed by atoms with Gasteiger partial charge in [-0.25, -0.2) is 0 Å². The summed E-state index contributed by atoms with van der Waals surface area (Å²) >= 11 is 0. The van der Waals surface area contributed by atoms with Crippen LogP contribution in [0.4, 0.5) is 0 Å². The van der Waals surface area contributed by atoms with Crippen molar-refractivity contribution in [2.45, 2.75) is 58.9 Å². The molecule has 3 rings (SSSR count). The second kappa shape index (κ2) is 8.91. The molecule has 1 aromatic rings. The molecule has 1 unspecified atom stereocenters. The van der Waals surface area contributed by atoms with Crippen LogP contribution < -0.4 is 10.6 Å². The summed E-state index contributed by atoms with van der Waals surface area (Å²) in [6.45, 7) is 9.48. The summed E-state index contributed by atoms with van der Waals surface area (Å²) < 4.78 is 5.44. The van der Waals surface area contributed by atoms with Crippen LogP contribution in [0.3, 0.4) is 0 Å². The second-order valence-electron chi connectivity index (χ2n) is 8.22. The summed E-state index contributed by atoms with van der Waals surface area (Å²) in [6, 6.07) is 1.91. The molecule has 2 aliphatic heterocycles. The number of likely N-dealkylation sites (tertiary alicyclic amines) is 1. The Hall–Kier alpha value is -1.82. The van der Waals surface area contributed by atoms with Gasteiger partial charge in [0, 0.05) is 25.6 Å². The zero-order valence-electron chi connectivity index (χ0n) is 16.8. The number of amides is 2. The highest BCUT2D eigenvalue weighted by Crippen LogP contribution is 2.25. The van der Waals surface area contributed by atoms with Gasteiger partial charge in [-0.1, -0.05) is 6.92 Å². The third-order valence-corrected chi connectivity index (χ3v) is 6.15. The average Bonchev–Trinajstić information content (AvgIpc) is 3.01. The van der Waals surface area contributed by atoms with Crippen LogP contribution in [-0.4, -0.2) is 48.9 Å². The van der Waals surface area contributed by atoms with Crippen molar-refractivity contribution < 1.29 is 14.0 Å². The molecular formula is C21H33N3O3. The van der Waals surface area contributed by atoms with Gasteiger partial charge < -0.3 is 20.0 Å². The zero-order chi connectivity index (χ0) is 19.4. The first-order chi connectivity index (χ1) is 12.9. The van der Waals surface area contributed by atoms with Crippen molar-refractivity contribution in [2.75, 3.05) is 26.2 Å². The van der Waals surface area contributed by atoms with Gasteiger partial charge in [0.15, 0.2) is 0 Å². The molecule has 0 saturated carbocycles. The number of nitrogens with one attached hydrogen (secondary N) is 2. The van der Waals surface area contributed by atoms with Gasteiger partial charge in [0.1, 0.15) is 11.5 Å². The van der Waals surface area contributed by atoms with Crippen LogP contribution in [0, 0.1) is 25.7 Å². The number of hydrogen-bond acceptors (Lipinski definition) is 4. The summed E-state index contributed by atoms with van der Waals surface area (Å²) in [5.74, 6) is 2.71. The minimum Gasteiger partial charge on any atom is -0.466 e. The van der Waals surface area contributed by atoms with E-state index in [0.717, 1.165) is 44.8 Å². The lowest BCUT2D eigenvalue weighted by atomic mass is 9.84. The molecule has 2 amide bonds. The Kier molecular flexibility index (Phi) is 6.58. The number of aryl methyl sites for hydroxylation is 2. The Bertz CT molecular complexity index is 656. The molecule has 1 atom stereocenters. The number of furan rings is 1. The van der Waals surface area contributed by atoms with Crippen molar-refractivity contribution in [1.29, 1.82) is 0 Å². The molecule has 3 heterocycles. The van der Waals surface area contributed by atoms with E-state index in [2.05, 4.69) is 17.6 Å². The van der Waals surface area contributed by atoms with Gasteiger partial charge in [-0.15, -0.1) is 0 Å². The highest BCUT2D eigenvalue weighted by Gasteiger charge is 2.28. The van der Waals surface area contributed by atoms with Gasteiger partial charge in [-0.3, -0.25) is 9.59 Å². The van der Waals surface area contributed by atoms with Gasteiger partial charge in [-0.2, -0.15) is 0 Å². The predicted molar refractivity (Wildman–Crippen MR) is 105 cm³/mol. The molecule has 150 valence electrons. The topological polar surface area (TPSA) is 74.6 Å². The number of nitrogens with zero attached hydrogens (tertiary/aromatic N) is 1. The lowest BCUT2D eigenvalue weighted by molar-refractivity contribution is -0.133. The van der Waals surface area contributed by atoms with Gasteiger partial charge in [0.05, 0.1) is 5.56 Å². The van der Waals surface area contributed by atoms with Crippen LogP contribution in [0.2, 0.25) is 0 Å². The first-order valence-electron chi connectivity index (χ1n) is 10.3. The Labute approximate surface area is 162 Å². The van der Waals surface area contributed by atoms with Crippen molar-refractivity contribution in [2.24, 2.45) is 11.8 Å². The van der Waals surface area contributed by atoms with Crippen LogP contribution in [-0.2, 0) is 4.79 Å². The van der Waals surface area contributed by atoms with Gasteiger partial charge >= 0.3 is 0 Å². The molecule has 0 radical (unpaired) electrons. The quantitative estimate of drug-likeness (QED) is 0.830. The summed E-state index contributed by atoms with van der Waals surface area (Å²) in [5.41, 5.74) is 0.613. The van der Waals surface area contributed by atoms with Crippen molar-refractivity contribution in [3.63, 3.8) is 0 Å². The van der Waals surface area contributed by atoms with Crippen LogP contribution in [0.5, 0.6) is 0 Å². The van der Waals surface area contributed by atoms with E-state index in [1.165, 1.54) is 12.8 Å². The van der Waals surface area contributed by atoms with Crippen molar-refractivity contribution >= 4 is 11.8 Å². The Balaban J connectivity index is 1.43.